The van der Waals surface area contributed by atoms with E-state index in [1.54, 1.807) is 6.33 Å². The van der Waals surface area contributed by atoms with E-state index in [1.807, 2.05) is 21.7 Å². The van der Waals surface area contributed by atoms with Gasteiger partial charge >= 0.3 is 6.01 Å². The van der Waals surface area contributed by atoms with E-state index in [4.69, 9.17) is 9.52 Å². The fourth-order valence-electron chi connectivity index (χ4n) is 4.03. The van der Waals surface area contributed by atoms with E-state index in [-0.39, 0.29) is 17.9 Å². The Balaban J connectivity index is 1.64. The van der Waals surface area contributed by atoms with Crippen LogP contribution >= 0.6 is 0 Å². The van der Waals surface area contributed by atoms with Crippen molar-refractivity contribution < 1.29 is 8.81 Å². The number of fused-ring (bicyclic) bond motifs is 2. The highest BCUT2D eigenvalue weighted by atomic mass is 19.1. The van der Waals surface area contributed by atoms with Crippen LogP contribution in [0, 0.1) is 0 Å². The molecule has 0 radical (unpaired) electrons. The van der Waals surface area contributed by atoms with Crippen LogP contribution in [-0.4, -0.2) is 36.3 Å². The van der Waals surface area contributed by atoms with Crippen molar-refractivity contribution >= 4 is 11.5 Å². The van der Waals surface area contributed by atoms with Gasteiger partial charge in [-0.2, -0.15) is 5.10 Å². The summed E-state index contributed by atoms with van der Waals surface area (Å²) in [5, 5.41) is 12.9. The molecule has 8 nitrogen and oxygen atoms in total. The van der Waals surface area contributed by atoms with E-state index < -0.39 is 5.67 Å². The van der Waals surface area contributed by atoms with Crippen LogP contribution in [0.4, 0.5) is 10.4 Å². The number of imidazole rings is 1. The topological polar surface area (TPSA) is 88.1 Å². The number of hydrogen-bond donors (Lipinski definition) is 1. The van der Waals surface area contributed by atoms with E-state index in [9.17, 15) is 4.39 Å². The van der Waals surface area contributed by atoms with Crippen LogP contribution in [0.1, 0.15) is 68.2 Å². The van der Waals surface area contributed by atoms with Crippen LogP contribution in [0.2, 0.25) is 0 Å². The zero-order valence-electron chi connectivity index (χ0n) is 17.4. The standard InChI is InChI=1S/C21H24FN7O/c1-12(2)13-6-5-8-29-16(13)10-15(27-29)18-17-14(23-11-24-17)7-9-28(18)20-26-25-19(30-20)21(3,4)22/h5-6,8,10-12,18H,7,9H2,1-4H3,(H,23,24). The SMILES string of the molecule is CC(C)c1cccn2nc(C3c4nc[nH]c4CCN3c3nnc(C(C)(C)F)o3)cc12. The molecule has 1 atom stereocenters. The molecular formula is C21H24FN7O. The molecule has 4 aromatic rings. The summed E-state index contributed by atoms with van der Waals surface area (Å²) >= 11 is 0. The summed E-state index contributed by atoms with van der Waals surface area (Å²) in [6.07, 6.45) is 4.38. The lowest BCUT2D eigenvalue weighted by Gasteiger charge is -2.32. The first-order valence-electron chi connectivity index (χ1n) is 10.1. The summed E-state index contributed by atoms with van der Waals surface area (Å²) in [4.78, 5) is 9.75. The minimum atomic E-state index is -1.71. The normalized spacial score (nSPS) is 17.1. The Bertz CT molecular complexity index is 1200. The Labute approximate surface area is 173 Å². The molecule has 1 unspecified atom stereocenters. The lowest BCUT2D eigenvalue weighted by atomic mass is 9.99. The molecule has 0 amide bonds. The van der Waals surface area contributed by atoms with Gasteiger partial charge in [0.1, 0.15) is 6.04 Å². The smallest absolute Gasteiger partial charge is 0.319 e. The lowest BCUT2D eigenvalue weighted by Crippen LogP contribution is -2.37. The van der Waals surface area contributed by atoms with E-state index >= 15 is 0 Å². The molecule has 9 heteroatoms. The minimum absolute atomic E-state index is 0.0406. The minimum Gasteiger partial charge on any atom is -0.404 e. The quantitative estimate of drug-likeness (QED) is 0.550. The van der Waals surface area contributed by atoms with Crippen molar-refractivity contribution in [1.82, 2.24) is 29.8 Å². The monoisotopic (exact) mass is 409 g/mol. The average Bonchev–Trinajstić information content (AvgIpc) is 3.43. The molecule has 5 heterocycles. The summed E-state index contributed by atoms with van der Waals surface area (Å²) in [7, 11) is 0. The van der Waals surface area contributed by atoms with Gasteiger partial charge in [-0.15, -0.1) is 5.10 Å². The molecule has 30 heavy (non-hydrogen) atoms. The number of alkyl halides is 1. The van der Waals surface area contributed by atoms with Crippen molar-refractivity contribution in [2.45, 2.75) is 51.7 Å². The third-order valence-electron chi connectivity index (χ3n) is 5.55. The van der Waals surface area contributed by atoms with Gasteiger partial charge < -0.3 is 14.3 Å². The number of nitrogens with one attached hydrogen (secondary N) is 1. The Kier molecular flexibility index (Phi) is 4.16. The summed E-state index contributed by atoms with van der Waals surface area (Å²) in [5.74, 6) is 0.327. The average molecular weight is 409 g/mol. The molecule has 0 saturated carbocycles. The number of aromatic amines is 1. The van der Waals surface area contributed by atoms with Crippen LogP contribution in [0.25, 0.3) is 5.52 Å². The number of halogens is 1. The predicted molar refractivity (Wildman–Crippen MR) is 109 cm³/mol. The molecular weight excluding hydrogens is 385 g/mol. The number of H-pyrrole nitrogens is 1. The van der Waals surface area contributed by atoms with E-state index in [2.05, 4.69) is 46.1 Å². The summed E-state index contributed by atoms with van der Waals surface area (Å²) < 4.78 is 21.9. The van der Waals surface area contributed by atoms with Gasteiger partial charge in [-0.05, 0) is 37.5 Å². The first kappa shape index (κ1) is 18.8. The zero-order valence-corrected chi connectivity index (χ0v) is 17.4. The maximum Gasteiger partial charge on any atom is 0.319 e. The maximum atomic E-state index is 14.3. The van der Waals surface area contributed by atoms with Crippen LogP contribution in [0.3, 0.4) is 0 Å². The van der Waals surface area contributed by atoms with Crippen LogP contribution in [-0.2, 0) is 12.1 Å². The first-order valence-corrected chi connectivity index (χ1v) is 10.1. The van der Waals surface area contributed by atoms with Crippen LogP contribution in [0.15, 0.2) is 35.1 Å². The predicted octanol–water partition coefficient (Wildman–Crippen LogP) is 3.92. The molecule has 0 aliphatic carbocycles. The van der Waals surface area contributed by atoms with Gasteiger partial charge in [0.2, 0.25) is 0 Å². The fourth-order valence-corrected chi connectivity index (χ4v) is 4.03. The number of nitrogens with zero attached hydrogens (tertiary/aromatic N) is 6. The van der Waals surface area contributed by atoms with Crippen molar-refractivity contribution in [3.63, 3.8) is 0 Å². The highest BCUT2D eigenvalue weighted by Crippen LogP contribution is 2.37. The summed E-state index contributed by atoms with van der Waals surface area (Å²) in [6, 6.07) is 6.18. The lowest BCUT2D eigenvalue weighted by molar-refractivity contribution is 0.170. The van der Waals surface area contributed by atoms with Gasteiger partial charge in [-0.1, -0.05) is 25.0 Å². The Morgan fingerprint density at radius 3 is 2.87 bits per heavy atom. The molecule has 156 valence electrons. The Hall–Kier alpha value is -3.23. The molecule has 0 saturated heterocycles. The van der Waals surface area contributed by atoms with Gasteiger partial charge in [-0.3, -0.25) is 0 Å². The Morgan fingerprint density at radius 2 is 2.13 bits per heavy atom. The van der Waals surface area contributed by atoms with E-state index in [0.717, 1.165) is 29.0 Å². The molecule has 0 bridgehead atoms. The summed E-state index contributed by atoms with van der Waals surface area (Å²) in [5.41, 5.74) is 3.33. The summed E-state index contributed by atoms with van der Waals surface area (Å²) in [6.45, 7) is 7.76. The van der Waals surface area contributed by atoms with Gasteiger partial charge in [0.15, 0.2) is 5.67 Å². The largest absolute Gasteiger partial charge is 0.404 e. The molecule has 0 spiro atoms. The van der Waals surface area contributed by atoms with E-state index in [1.165, 1.54) is 19.4 Å². The highest BCUT2D eigenvalue weighted by Gasteiger charge is 2.37. The second-order valence-corrected chi connectivity index (χ2v) is 8.49. The Morgan fingerprint density at radius 1 is 1.30 bits per heavy atom. The number of aromatic nitrogens is 6. The number of pyridine rings is 1. The first-order chi connectivity index (χ1) is 14.3. The highest BCUT2D eigenvalue weighted by molar-refractivity contribution is 5.58. The molecule has 1 aliphatic rings. The van der Waals surface area contributed by atoms with Crippen molar-refractivity contribution in [1.29, 1.82) is 0 Å². The fraction of sp³-hybridized carbons (Fsp3) is 0.429. The molecule has 0 fully saturated rings. The van der Waals surface area contributed by atoms with Gasteiger partial charge in [0, 0.05) is 24.9 Å². The molecule has 5 rings (SSSR count). The number of hydrogen-bond acceptors (Lipinski definition) is 6. The second kappa shape index (κ2) is 6.65. The third-order valence-corrected chi connectivity index (χ3v) is 5.55. The maximum absolute atomic E-state index is 14.3. The van der Waals surface area contributed by atoms with Gasteiger partial charge in [0.05, 0.1) is 23.2 Å². The van der Waals surface area contributed by atoms with Gasteiger partial charge in [-0.25, -0.2) is 13.9 Å². The van der Waals surface area contributed by atoms with Crippen molar-refractivity contribution in [3.05, 3.63) is 59.3 Å². The van der Waals surface area contributed by atoms with Crippen molar-refractivity contribution in [2.75, 3.05) is 11.4 Å². The zero-order chi connectivity index (χ0) is 21.0. The van der Waals surface area contributed by atoms with E-state index in [0.29, 0.717) is 12.5 Å². The number of anilines is 1. The molecule has 1 N–H and O–H groups in total. The second-order valence-electron chi connectivity index (χ2n) is 8.49. The number of rotatable bonds is 4. The van der Waals surface area contributed by atoms with Gasteiger partial charge in [0.25, 0.3) is 5.89 Å². The van der Waals surface area contributed by atoms with Crippen LogP contribution in [0.5, 0.6) is 0 Å². The molecule has 0 aromatic carbocycles. The van der Waals surface area contributed by atoms with Crippen LogP contribution < -0.4 is 4.90 Å². The van der Waals surface area contributed by atoms with Crippen molar-refractivity contribution in [3.8, 4) is 0 Å². The molecule has 4 aromatic heterocycles. The van der Waals surface area contributed by atoms with Crippen molar-refractivity contribution in [2.24, 2.45) is 0 Å². The third kappa shape index (κ3) is 2.96. The molecule has 1 aliphatic heterocycles.